The lowest BCUT2D eigenvalue weighted by atomic mass is 9.97. The minimum Gasteiger partial charge on any atom is -0.300 e. The molecule has 0 aromatic heterocycles. The van der Waals surface area contributed by atoms with Crippen LogP contribution in [0.1, 0.15) is 38.3 Å². The van der Waals surface area contributed by atoms with Crippen LogP contribution < -0.4 is 0 Å². The summed E-state index contributed by atoms with van der Waals surface area (Å²) < 4.78 is 0. The topological polar surface area (TPSA) is 20.3 Å². The van der Waals surface area contributed by atoms with Crippen molar-refractivity contribution in [1.29, 1.82) is 0 Å². The van der Waals surface area contributed by atoms with E-state index in [2.05, 4.69) is 43.0 Å². The van der Waals surface area contributed by atoms with Crippen LogP contribution in [0, 0.1) is 0 Å². The van der Waals surface area contributed by atoms with E-state index >= 15 is 0 Å². The SMILES string of the molecule is C[C@H]1CC(=O)CCN1[C@@H](C)c1ccccc1.Cl. The van der Waals surface area contributed by atoms with Gasteiger partial charge in [0.05, 0.1) is 0 Å². The molecule has 0 unspecified atom stereocenters. The summed E-state index contributed by atoms with van der Waals surface area (Å²) in [5.74, 6) is 0.406. The molecule has 1 aromatic carbocycles. The second-order valence-corrected chi connectivity index (χ2v) is 4.67. The summed E-state index contributed by atoms with van der Waals surface area (Å²) in [7, 11) is 0. The van der Waals surface area contributed by atoms with Gasteiger partial charge in [-0.1, -0.05) is 30.3 Å². The third-order valence-corrected chi connectivity index (χ3v) is 3.52. The summed E-state index contributed by atoms with van der Waals surface area (Å²) in [5, 5.41) is 0. The quantitative estimate of drug-likeness (QED) is 0.807. The standard InChI is InChI=1S/C14H19NO.ClH/c1-11-10-14(16)8-9-15(11)12(2)13-6-4-3-5-7-13;/h3-7,11-12H,8-10H2,1-2H3;1H/t11-,12-;/m0./s1. The molecule has 0 spiro atoms. The highest BCUT2D eigenvalue weighted by Crippen LogP contribution is 2.26. The molecule has 0 bridgehead atoms. The van der Waals surface area contributed by atoms with E-state index < -0.39 is 0 Å². The van der Waals surface area contributed by atoms with Crippen molar-refractivity contribution in [2.24, 2.45) is 0 Å². The van der Waals surface area contributed by atoms with Gasteiger partial charge in [-0.15, -0.1) is 12.4 Å². The molecule has 0 amide bonds. The highest BCUT2D eigenvalue weighted by molar-refractivity contribution is 5.85. The predicted molar refractivity (Wildman–Crippen MR) is 72.5 cm³/mol. The molecule has 1 aliphatic rings. The van der Waals surface area contributed by atoms with Gasteiger partial charge in [-0.2, -0.15) is 0 Å². The Kier molecular flexibility index (Phi) is 5.16. The van der Waals surface area contributed by atoms with Crippen molar-refractivity contribution in [3.63, 3.8) is 0 Å². The van der Waals surface area contributed by atoms with Crippen molar-refractivity contribution in [3.8, 4) is 0 Å². The molecule has 2 rings (SSSR count). The third kappa shape index (κ3) is 3.30. The van der Waals surface area contributed by atoms with Gasteiger partial charge >= 0.3 is 0 Å². The molecule has 1 aromatic rings. The Balaban J connectivity index is 0.00000144. The Bertz CT molecular complexity index is 366. The number of benzene rings is 1. The lowest BCUT2D eigenvalue weighted by molar-refractivity contribution is -0.123. The van der Waals surface area contributed by atoms with Gasteiger partial charge in [0, 0.05) is 31.5 Å². The van der Waals surface area contributed by atoms with Gasteiger partial charge in [0.2, 0.25) is 0 Å². The van der Waals surface area contributed by atoms with E-state index in [1.54, 1.807) is 0 Å². The average Bonchev–Trinajstić information content (AvgIpc) is 2.29. The molecule has 0 saturated carbocycles. The monoisotopic (exact) mass is 253 g/mol. The first-order chi connectivity index (χ1) is 7.68. The Labute approximate surface area is 109 Å². The number of ketones is 1. The van der Waals surface area contributed by atoms with Crippen LogP contribution in [0.25, 0.3) is 0 Å². The van der Waals surface area contributed by atoms with Crippen LogP contribution in [-0.4, -0.2) is 23.3 Å². The van der Waals surface area contributed by atoms with E-state index in [9.17, 15) is 4.79 Å². The Hall–Kier alpha value is -0.860. The number of likely N-dealkylation sites (tertiary alicyclic amines) is 1. The summed E-state index contributed by atoms with van der Waals surface area (Å²) in [6, 6.07) is 11.3. The van der Waals surface area contributed by atoms with Crippen LogP contribution in [0.15, 0.2) is 30.3 Å². The molecular formula is C14H20ClNO. The summed E-state index contributed by atoms with van der Waals surface area (Å²) in [5.41, 5.74) is 1.34. The molecule has 0 N–H and O–H groups in total. The Morgan fingerprint density at radius 2 is 1.94 bits per heavy atom. The fourth-order valence-corrected chi connectivity index (χ4v) is 2.52. The minimum atomic E-state index is 0. The Morgan fingerprint density at radius 1 is 1.29 bits per heavy atom. The molecule has 1 saturated heterocycles. The van der Waals surface area contributed by atoms with Gasteiger partial charge < -0.3 is 0 Å². The van der Waals surface area contributed by atoms with Gasteiger partial charge in [-0.05, 0) is 19.4 Å². The highest BCUT2D eigenvalue weighted by atomic mass is 35.5. The van der Waals surface area contributed by atoms with E-state index in [0.29, 0.717) is 30.7 Å². The highest BCUT2D eigenvalue weighted by Gasteiger charge is 2.27. The summed E-state index contributed by atoms with van der Waals surface area (Å²) >= 11 is 0. The number of hydrogen-bond acceptors (Lipinski definition) is 2. The van der Waals surface area contributed by atoms with Crippen molar-refractivity contribution in [2.45, 2.75) is 38.8 Å². The van der Waals surface area contributed by atoms with Crippen molar-refractivity contribution in [1.82, 2.24) is 4.90 Å². The number of Topliss-reactive ketones (excluding diaryl/α,β-unsaturated/α-hetero) is 1. The van der Waals surface area contributed by atoms with Gasteiger partial charge in [0.15, 0.2) is 0 Å². The number of carbonyl (C=O) groups is 1. The second-order valence-electron chi connectivity index (χ2n) is 4.67. The first-order valence-electron chi connectivity index (χ1n) is 6.01. The van der Waals surface area contributed by atoms with Crippen molar-refractivity contribution >= 4 is 18.2 Å². The van der Waals surface area contributed by atoms with E-state index in [4.69, 9.17) is 0 Å². The van der Waals surface area contributed by atoms with Crippen molar-refractivity contribution < 1.29 is 4.79 Å². The zero-order valence-electron chi connectivity index (χ0n) is 10.4. The van der Waals surface area contributed by atoms with Crippen LogP contribution in [0.5, 0.6) is 0 Å². The van der Waals surface area contributed by atoms with Crippen molar-refractivity contribution in [2.75, 3.05) is 6.54 Å². The van der Waals surface area contributed by atoms with Crippen LogP contribution in [0.3, 0.4) is 0 Å². The number of nitrogens with zero attached hydrogens (tertiary/aromatic N) is 1. The van der Waals surface area contributed by atoms with Gasteiger partial charge in [-0.3, -0.25) is 9.69 Å². The zero-order chi connectivity index (χ0) is 11.5. The first kappa shape index (κ1) is 14.2. The molecule has 1 aliphatic heterocycles. The molecule has 94 valence electrons. The fraction of sp³-hybridized carbons (Fsp3) is 0.500. The number of piperidine rings is 1. The normalized spacial score (nSPS) is 22.9. The number of carbonyl (C=O) groups excluding carboxylic acids is 1. The summed E-state index contributed by atoms with van der Waals surface area (Å²) in [6.45, 7) is 5.27. The molecule has 0 aliphatic carbocycles. The van der Waals surface area contributed by atoms with E-state index in [-0.39, 0.29) is 12.4 Å². The van der Waals surface area contributed by atoms with Crippen LogP contribution in [0.2, 0.25) is 0 Å². The summed E-state index contributed by atoms with van der Waals surface area (Å²) in [4.78, 5) is 13.8. The molecule has 17 heavy (non-hydrogen) atoms. The molecule has 3 heteroatoms. The van der Waals surface area contributed by atoms with E-state index in [0.717, 1.165) is 6.54 Å². The molecule has 1 heterocycles. The lowest BCUT2D eigenvalue weighted by Gasteiger charge is -2.37. The number of rotatable bonds is 2. The van der Waals surface area contributed by atoms with E-state index in [1.165, 1.54) is 5.56 Å². The van der Waals surface area contributed by atoms with Gasteiger partial charge in [-0.25, -0.2) is 0 Å². The number of hydrogen-bond donors (Lipinski definition) is 0. The second kappa shape index (κ2) is 6.18. The Morgan fingerprint density at radius 3 is 2.53 bits per heavy atom. The van der Waals surface area contributed by atoms with Crippen LogP contribution in [-0.2, 0) is 4.79 Å². The smallest absolute Gasteiger partial charge is 0.135 e. The first-order valence-corrected chi connectivity index (χ1v) is 6.01. The fourth-order valence-electron chi connectivity index (χ4n) is 2.52. The zero-order valence-corrected chi connectivity index (χ0v) is 11.2. The molecule has 2 nitrogen and oxygen atoms in total. The lowest BCUT2D eigenvalue weighted by Crippen LogP contribution is -2.42. The largest absolute Gasteiger partial charge is 0.300 e. The molecule has 0 radical (unpaired) electrons. The summed E-state index contributed by atoms with van der Waals surface area (Å²) in [6.07, 6.45) is 1.42. The van der Waals surface area contributed by atoms with Crippen LogP contribution >= 0.6 is 12.4 Å². The number of halogens is 1. The maximum atomic E-state index is 11.4. The predicted octanol–water partition coefficient (Wildman–Crippen LogP) is 3.22. The average molecular weight is 254 g/mol. The van der Waals surface area contributed by atoms with Crippen LogP contribution in [0.4, 0.5) is 0 Å². The minimum absolute atomic E-state index is 0. The molecular weight excluding hydrogens is 234 g/mol. The molecule has 2 atom stereocenters. The maximum Gasteiger partial charge on any atom is 0.135 e. The van der Waals surface area contributed by atoms with Crippen molar-refractivity contribution in [3.05, 3.63) is 35.9 Å². The van der Waals surface area contributed by atoms with E-state index in [1.807, 2.05) is 6.07 Å². The van der Waals surface area contributed by atoms with Gasteiger partial charge in [0.1, 0.15) is 5.78 Å². The van der Waals surface area contributed by atoms with Gasteiger partial charge in [0.25, 0.3) is 0 Å². The maximum absolute atomic E-state index is 11.4. The third-order valence-electron chi connectivity index (χ3n) is 3.52. The molecule has 1 fully saturated rings.